The number of nitriles is 1. The van der Waals surface area contributed by atoms with Crippen LogP contribution in [0.2, 0.25) is 0 Å². The van der Waals surface area contributed by atoms with Crippen molar-refractivity contribution in [1.29, 1.82) is 5.26 Å². The van der Waals surface area contributed by atoms with Crippen molar-refractivity contribution in [1.82, 2.24) is 5.32 Å². The molecule has 0 aromatic heterocycles. The predicted octanol–water partition coefficient (Wildman–Crippen LogP) is 3.92. The molecule has 122 valence electrons. The van der Waals surface area contributed by atoms with E-state index >= 15 is 0 Å². The van der Waals surface area contributed by atoms with Crippen molar-refractivity contribution in [2.75, 3.05) is 11.6 Å². The summed E-state index contributed by atoms with van der Waals surface area (Å²) in [6, 6.07) is 14.8. The Labute approximate surface area is 145 Å². The van der Waals surface area contributed by atoms with Crippen molar-refractivity contribution in [3.8, 4) is 6.19 Å². The Morgan fingerprint density at radius 3 is 2.62 bits per heavy atom. The summed E-state index contributed by atoms with van der Waals surface area (Å²) in [6.45, 7) is 2.04. The van der Waals surface area contributed by atoms with Gasteiger partial charge in [0.2, 0.25) is 0 Å². The maximum absolute atomic E-state index is 12.7. The van der Waals surface area contributed by atoms with Gasteiger partial charge in [0.1, 0.15) is 0 Å². The highest BCUT2D eigenvalue weighted by Crippen LogP contribution is 2.23. The largest absolute Gasteiger partial charge is 0.322 e. The van der Waals surface area contributed by atoms with Crippen LogP contribution in [0.25, 0.3) is 0 Å². The predicted molar refractivity (Wildman–Crippen MR) is 99.6 cm³/mol. The van der Waals surface area contributed by atoms with E-state index in [0.29, 0.717) is 16.4 Å². The third kappa shape index (κ3) is 4.37. The number of nitrogens with one attached hydrogen (secondary N) is 2. The van der Waals surface area contributed by atoms with Gasteiger partial charge in [-0.05, 0) is 36.4 Å². The maximum Gasteiger partial charge on any atom is 0.257 e. The first-order chi connectivity index (χ1) is 11.7. The van der Waals surface area contributed by atoms with Gasteiger partial charge in [0.25, 0.3) is 5.91 Å². The number of amidine groups is 1. The van der Waals surface area contributed by atoms with Gasteiger partial charge in [0, 0.05) is 5.69 Å². The average molecular weight is 338 g/mol. The van der Waals surface area contributed by atoms with E-state index < -0.39 is 0 Å². The van der Waals surface area contributed by atoms with Gasteiger partial charge in [-0.1, -0.05) is 49.0 Å². The Bertz CT molecular complexity index is 796. The molecule has 0 saturated heterocycles. The molecule has 0 fully saturated rings. The highest BCUT2D eigenvalue weighted by atomic mass is 32.2. The van der Waals surface area contributed by atoms with Crippen LogP contribution < -0.4 is 10.6 Å². The Morgan fingerprint density at radius 2 is 1.92 bits per heavy atom. The van der Waals surface area contributed by atoms with Crippen LogP contribution >= 0.6 is 11.8 Å². The van der Waals surface area contributed by atoms with Crippen molar-refractivity contribution >= 4 is 34.2 Å². The number of rotatable bonds is 4. The Balaban J connectivity index is 2.32. The van der Waals surface area contributed by atoms with E-state index in [1.54, 1.807) is 24.3 Å². The number of carbonyl (C=O) groups is 1. The molecule has 2 N–H and O–H groups in total. The van der Waals surface area contributed by atoms with E-state index in [2.05, 4.69) is 15.6 Å². The lowest BCUT2D eigenvalue weighted by molar-refractivity contribution is 0.102. The van der Waals surface area contributed by atoms with Crippen LogP contribution in [0.5, 0.6) is 0 Å². The molecule has 2 rings (SSSR count). The first-order valence-electron chi connectivity index (χ1n) is 7.45. The van der Waals surface area contributed by atoms with Crippen LogP contribution in [-0.2, 0) is 6.42 Å². The Kier molecular flexibility index (Phi) is 6.41. The van der Waals surface area contributed by atoms with Gasteiger partial charge < -0.3 is 5.32 Å². The number of hydrogen-bond donors (Lipinski definition) is 2. The summed E-state index contributed by atoms with van der Waals surface area (Å²) in [7, 11) is 0. The van der Waals surface area contributed by atoms with E-state index in [0.717, 1.165) is 17.7 Å². The number of aryl methyl sites for hydroxylation is 1. The van der Waals surface area contributed by atoms with E-state index in [1.165, 1.54) is 11.8 Å². The van der Waals surface area contributed by atoms with Crippen molar-refractivity contribution in [3.05, 3.63) is 59.7 Å². The third-order valence-corrected chi connectivity index (χ3v) is 3.95. The monoisotopic (exact) mass is 338 g/mol. The van der Waals surface area contributed by atoms with Crippen LogP contribution in [0, 0.1) is 11.5 Å². The zero-order chi connectivity index (χ0) is 17.4. The van der Waals surface area contributed by atoms with Crippen molar-refractivity contribution in [2.45, 2.75) is 13.3 Å². The average Bonchev–Trinajstić information content (AvgIpc) is 2.62. The number of anilines is 1. The molecule has 0 heterocycles. The summed E-state index contributed by atoms with van der Waals surface area (Å²) in [5.41, 5.74) is 2.83. The molecule has 0 aliphatic rings. The first-order valence-corrected chi connectivity index (χ1v) is 8.68. The zero-order valence-electron chi connectivity index (χ0n) is 13.5. The molecule has 0 aliphatic heterocycles. The fourth-order valence-corrected chi connectivity index (χ4v) is 2.52. The van der Waals surface area contributed by atoms with Crippen molar-refractivity contribution in [3.63, 3.8) is 0 Å². The molecule has 0 saturated carbocycles. The number of benzene rings is 2. The second kappa shape index (κ2) is 8.75. The molecule has 0 spiro atoms. The molecule has 0 bridgehead atoms. The molecule has 0 unspecified atom stereocenters. The lowest BCUT2D eigenvalue weighted by atomic mass is 10.1. The Morgan fingerprint density at radius 1 is 1.21 bits per heavy atom. The third-order valence-electron chi connectivity index (χ3n) is 3.37. The number of aliphatic imine (C=N–C) groups is 1. The van der Waals surface area contributed by atoms with E-state index in [-0.39, 0.29) is 5.91 Å². The molecular weight excluding hydrogens is 320 g/mol. The van der Waals surface area contributed by atoms with Crippen LogP contribution in [0.1, 0.15) is 22.8 Å². The van der Waals surface area contributed by atoms with Gasteiger partial charge >= 0.3 is 0 Å². The molecule has 2 aromatic carbocycles. The summed E-state index contributed by atoms with van der Waals surface area (Å²) in [5, 5.41) is 14.6. The number of hydrogen-bond acceptors (Lipinski definition) is 4. The van der Waals surface area contributed by atoms with Crippen LogP contribution in [0.15, 0.2) is 53.5 Å². The molecule has 0 atom stereocenters. The molecule has 2 aromatic rings. The number of para-hydroxylation sites is 2. The van der Waals surface area contributed by atoms with Gasteiger partial charge in [-0.2, -0.15) is 5.26 Å². The fraction of sp³-hybridized carbons (Fsp3) is 0.167. The van der Waals surface area contributed by atoms with Gasteiger partial charge in [-0.15, -0.1) is 0 Å². The zero-order valence-corrected chi connectivity index (χ0v) is 14.4. The molecule has 1 amide bonds. The summed E-state index contributed by atoms with van der Waals surface area (Å²) in [6.07, 6.45) is 4.48. The lowest BCUT2D eigenvalue weighted by Crippen LogP contribution is -2.15. The van der Waals surface area contributed by atoms with Crippen molar-refractivity contribution < 1.29 is 4.79 Å². The van der Waals surface area contributed by atoms with E-state index in [4.69, 9.17) is 5.26 Å². The van der Waals surface area contributed by atoms with E-state index in [9.17, 15) is 4.79 Å². The summed E-state index contributed by atoms with van der Waals surface area (Å²) in [5.74, 6) is -0.229. The lowest BCUT2D eigenvalue weighted by Gasteiger charge is -2.11. The smallest absolute Gasteiger partial charge is 0.257 e. The Hall–Kier alpha value is -2.78. The van der Waals surface area contributed by atoms with Crippen LogP contribution in [0.3, 0.4) is 0 Å². The molecule has 24 heavy (non-hydrogen) atoms. The normalized spacial score (nSPS) is 10.8. The minimum Gasteiger partial charge on any atom is -0.322 e. The molecule has 0 aliphatic carbocycles. The number of thioether (sulfide) groups is 1. The summed E-state index contributed by atoms with van der Waals surface area (Å²) in [4.78, 5) is 17.0. The topological polar surface area (TPSA) is 77.3 Å². The second-order valence-electron chi connectivity index (χ2n) is 4.84. The fourth-order valence-electron chi connectivity index (χ4n) is 2.19. The van der Waals surface area contributed by atoms with Gasteiger partial charge in [0.05, 0.1) is 11.3 Å². The van der Waals surface area contributed by atoms with Crippen LogP contribution in [0.4, 0.5) is 11.4 Å². The maximum atomic E-state index is 12.7. The molecule has 5 nitrogen and oxygen atoms in total. The highest BCUT2D eigenvalue weighted by Gasteiger charge is 2.13. The standard InChI is InChI=1S/C18H18N4OS/c1-3-13-8-4-6-10-15(13)21-17(23)14-9-5-7-11-16(14)22-18(24-2)20-12-19/h4-11H,3H2,1-2H3,(H,20,22)(H,21,23). The number of nitrogens with zero attached hydrogens (tertiary/aromatic N) is 2. The minimum atomic E-state index is -0.229. The molecule has 0 radical (unpaired) electrons. The SMILES string of the molecule is CCc1ccccc1NC(=O)c1ccccc1N=C(NC#N)SC. The van der Waals surface area contributed by atoms with Gasteiger partial charge in [0.15, 0.2) is 11.4 Å². The summed E-state index contributed by atoms with van der Waals surface area (Å²) >= 11 is 1.30. The number of amides is 1. The van der Waals surface area contributed by atoms with Gasteiger partial charge in [-0.25, -0.2) is 4.99 Å². The second-order valence-corrected chi connectivity index (χ2v) is 5.63. The first kappa shape index (κ1) is 17.6. The molecular formula is C18H18N4OS. The highest BCUT2D eigenvalue weighted by molar-refractivity contribution is 8.13. The van der Waals surface area contributed by atoms with E-state index in [1.807, 2.05) is 43.6 Å². The van der Waals surface area contributed by atoms with Crippen LogP contribution in [-0.4, -0.2) is 17.3 Å². The van der Waals surface area contributed by atoms with Crippen molar-refractivity contribution in [2.24, 2.45) is 4.99 Å². The summed E-state index contributed by atoms with van der Waals surface area (Å²) < 4.78 is 0. The molecule has 6 heteroatoms. The van der Waals surface area contributed by atoms with Gasteiger partial charge in [-0.3, -0.25) is 10.1 Å². The quantitative estimate of drug-likeness (QED) is 0.383. The minimum absolute atomic E-state index is 0.229. The number of carbonyl (C=O) groups excluding carboxylic acids is 1.